The first-order valence-electron chi connectivity index (χ1n) is 5.73. The Balaban J connectivity index is 2.44. The van der Waals surface area contributed by atoms with Crippen LogP contribution in [-0.4, -0.2) is 39.2 Å². The van der Waals surface area contributed by atoms with Crippen LogP contribution < -0.4 is 11.4 Å². The number of nitrogens with zero attached hydrogens (tertiary/aromatic N) is 2. The molecule has 1 fully saturated rings. The number of aryl methyl sites for hydroxylation is 1. The van der Waals surface area contributed by atoms with Crippen LogP contribution in [-0.2, 0) is 4.74 Å². The van der Waals surface area contributed by atoms with Gasteiger partial charge in [0, 0.05) is 11.8 Å². The fraction of sp³-hybridized carbons (Fsp3) is 0.636. The highest BCUT2D eigenvalue weighted by molar-refractivity contribution is 5.35. The van der Waals surface area contributed by atoms with E-state index in [9.17, 15) is 13.6 Å². The van der Waals surface area contributed by atoms with E-state index in [1.165, 1.54) is 6.20 Å². The van der Waals surface area contributed by atoms with Gasteiger partial charge in [-0.2, -0.15) is 4.98 Å². The lowest BCUT2D eigenvalue weighted by Crippen LogP contribution is -2.40. The molecule has 1 aliphatic heterocycles. The molecule has 0 bridgehead atoms. The van der Waals surface area contributed by atoms with Crippen molar-refractivity contribution in [2.75, 3.05) is 12.3 Å². The third-order valence-corrected chi connectivity index (χ3v) is 3.34. The van der Waals surface area contributed by atoms with Crippen LogP contribution in [0.2, 0.25) is 0 Å². The highest BCUT2D eigenvalue weighted by Crippen LogP contribution is 2.41. The van der Waals surface area contributed by atoms with Gasteiger partial charge in [-0.05, 0) is 13.8 Å². The molecule has 0 amide bonds. The number of alkyl halides is 2. The Morgan fingerprint density at radius 2 is 2.32 bits per heavy atom. The van der Waals surface area contributed by atoms with Gasteiger partial charge in [0.1, 0.15) is 11.9 Å². The maximum atomic E-state index is 14.1. The van der Waals surface area contributed by atoms with Crippen molar-refractivity contribution < 1.29 is 18.6 Å². The predicted octanol–water partition coefficient (Wildman–Crippen LogP) is 0.0899. The molecule has 0 saturated carbocycles. The van der Waals surface area contributed by atoms with Crippen molar-refractivity contribution in [2.45, 2.75) is 38.0 Å². The number of halogens is 2. The molecular weight excluding hydrogens is 260 g/mol. The number of nitrogens with two attached hydrogens (primary N) is 1. The summed E-state index contributed by atoms with van der Waals surface area (Å²) in [6, 6.07) is 0. The Morgan fingerprint density at radius 3 is 2.84 bits per heavy atom. The van der Waals surface area contributed by atoms with Crippen molar-refractivity contribution in [1.82, 2.24) is 9.55 Å². The Bertz CT molecular complexity index is 546. The van der Waals surface area contributed by atoms with Crippen LogP contribution in [0.1, 0.15) is 18.7 Å². The second-order valence-electron chi connectivity index (χ2n) is 4.75. The van der Waals surface area contributed by atoms with Gasteiger partial charge in [0.15, 0.2) is 18.1 Å². The Labute approximate surface area is 107 Å². The third-order valence-electron chi connectivity index (χ3n) is 3.34. The summed E-state index contributed by atoms with van der Waals surface area (Å²) in [4.78, 5) is 15.2. The number of aliphatic hydroxyl groups excluding tert-OH is 1. The monoisotopic (exact) mass is 275 g/mol. The zero-order chi connectivity index (χ0) is 14.4. The summed E-state index contributed by atoms with van der Waals surface area (Å²) in [5, 5.41) is 9.00. The first-order valence-corrected chi connectivity index (χ1v) is 5.73. The van der Waals surface area contributed by atoms with Crippen molar-refractivity contribution in [3.63, 3.8) is 0 Å². The lowest BCUT2D eigenvalue weighted by molar-refractivity contribution is -0.0532. The van der Waals surface area contributed by atoms with Gasteiger partial charge in [-0.15, -0.1) is 0 Å². The van der Waals surface area contributed by atoms with E-state index in [1.54, 1.807) is 6.92 Å². The van der Waals surface area contributed by atoms with Crippen molar-refractivity contribution in [3.05, 3.63) is 22.2 Å². The maximum absolute atomic E-state index is 14.1. The molecule has 8 heteroatoms. The maximum Gasteiger partial charge on any atom is 0.351 e. The normalized spacial score (nSPS) is 34.7. The minimum absolute atomic E-state index is 0.0244. The van der Waals surface area contributed by atoms with Gasteiger partial charge < -0.3 is 15.6 Å². The number of nitrogen functional groups attached to an aromatic ring is 1. The van der Waals surface area contributed by atoms with Crippen LogP contribution >= 0.6 is 0 Å². The third kappa shape index (κ3) is 2.10. The van der Waals surface area contributed by atoms with Gasteiger partial charge in [0.25, 0.3) is 0 Å². The topological polar surface area (TPSA) is 90.4 Å². The zero-order valence-corrected chi connectivity index (χ0v) is 10.5. The summed E-state index contributed by atoms with van der Waals surface area (Å²) >= 11 is 0. The largest absolute Gasteiger partial charge is 0.394 e. The van der Waals surface area contributed by atoms with Gasteiger partial charge in [-0.1, -0.05) is 0 Å². The number of anilines is 1. The van der Waals surface area contributed by atoms with Crippen LogP contribution in [0.4, 0.5) is 14.6 Å². The lowest BCUT2D eigenvalue weighted by Gasteiger charge is -2.20. The number of hydrogen-bond acceptors (Lipinski definition) is 5. The summed E-state index contributed by atoms with van der Waals surface area (Å²) in [6.07, 6.45) is -3.63. The van der Waals surface area contributed by atoms with Crippen molar-refractivity contribution in [1.29, 1.82) is 0 Å². The van der Waals surface area contributed by atoms with Gasteiger partial charge in [0.2, 0.25) is 0 Å². The van der Waals surface area contributed by atoms with Gasteiger partial charge in [0.05, 0.1) is 6.61 Å². The fourth-order valence-electron chi connectivity index (χ4n) is 2.02. The van der Waals surface area contributed by atoms with E-state index in [-0.39, 0.29) is 5.82 Å². The van der Waals surface area contributed by atoms with Crippen molar-refractivity contribution in [2.24, 2.45) is 0 Å². The van der Waals surface area contributed by atoms with E-state index < -0.39 is 36.5 Å². The Morgan fingerprint density at radius 1 is 1.68 bits per heavy atom. The van der Waals surface area contributed by atoms with E-state index >= 15 is 0 Å². The Kier molecular flexibility index (Phi) is 3.31. The molecule has 2 heterocycles. The van der Waals surface area contributed by atoms with E-state index in [2.05, 4.69) is 4.98 Å². The molecule has 4 atom stereocenters. The number of aliphatic hydroxyl groups is 1. The quantitative estimate of drug-likeness (QED) is 0.798. The molecule has 2 rings (SSSR count). The summed E-state index contributed by atoms with van der Waals surface area (Å²) < 4.78 is 34.1. The molecular formula is C11H15F2N3O3. The number of rotatable bonds is 2. The SMILES string of the molecule is Cc1cn(C2OC(CO)C(C)(F)C2F)c(=O)nc1N. The summed E-state index contributed by atoms with van der Waals surface area (Å²) in [7, 11) is 0. The standard InChI is InChI=1S/C11H15F2N3O3/c1-5-3-16(10(18)15-8(5)14)9-7(12)11(2,13)6(4-17)19-9/h3,6-7,9,17H,4H2,1-2H3,(H2,14,15,18). The number of hydrogen-bond donors (Lipinski definition) is 2. The summed E-state index contributed by atoms with van der Waals surface area (Å²) in [6.45, 7) is 1.89. The Hall–Kier alpha value is -1.54. The second kappa shape index (κ2) is 4.53. The molecule has 3 N–H and O–H groups in total. The van der Waals surface area contributed by atoms with Crippen molar-refractivity contribution in [3.8, 4) is 0 Å². The van der Waals surface area contributed by atoms with Crippen LogP contribution in [0.3, 0.4) is 0 Å². The molecule has 106 valence electrons. The highest BCUT2D eigenvalue weighted by Gasteiger charge is 2.56. The molecule has 0 aliphatic carbocycles. The lowest BCUT2D eigenvalue weighted by atomic mass is 9.98. The average molecular weight is 275 g/mol. The molecule has 19 heavy (non-hydrogen) atoms. The molecule has 4 unspecified atom stereocenters. The molecule has 0 spiro atoms. The molecule has 1 aromatic rings. The second-order valence-corrected chi connectivity index (χ2v) is 4.75. The van der Waals surface area contributed by atoms with Crippen molar-refractivity contribution >= 4 is 5.82 Å². The highest BCUT2D eigenvalue weighted by atomic mass is 19.2. The minimum atomic E-state index is -2.38. The first-order chi connectivity index (χ1) is 8.78. The van der Waals surface area contributed by atoms with Gasteiger partial charge >= 0.3 is 5.69 Å². The molecule has 0 radical (unpaired) electrons. The first kappa shape index (κ1) is 13.9. The smallest absolute Gasteiger partial charge is 0.351 e. The number of ether oxygens (including phenoxy) is 1. The van der Waals surface area contributed by atoms with Gasteiger partial charge in [-0.3, -0.25) is 4.57 Å². The van der Waals surface area contributed by atoms with Crippen LogP contribution in [0.5, 0.6) is 0 Å². The number of aromatic nitrogens is 2. The minimum Gasteiger partial charge on any atom is -0.394 e. The van der Waals surface area contributed by atoms with Crippen LogP contribution in [0.15, 0.2) is 11.0 Å². The summed E-state index contributed by atoms with van der Waals surface area (Å²) in [5.41, 5.74) is 2.69. The zero-order valence-electron chi connectivity index (χ0n) is 10.5. The van der Waals surface area contributed by atoms with Gasteiger partial charge in [-0.25, -0.2) is 13.6 Å². The van der Waals surface area contributed by atoms with E-state index in [0.717, 1.165) is 11.5 Å². The van der Waals surface area contributed by atoms with E-state index in [4.69, 9.17) is 15.6 Å². The van der Waals surface area contributed by atoms with Crippen LogP contribution in [0.25, 0.3) is 0 Å². The summed E-state index contributed by atoms with van der Waals surface area (Å²) in [5.74, 6) is 0.0244. The fourth-order valence-corrected chi connectivity index (χ4v) is 2.02. The molecule has 1 aliphatic rings. The van der Waals surface area contributed by atoms with E-state index in [1.807, 2.05) is 0 Å². The molecule has 1 aromatic heterocycles. The molecule has 1 saturated heterocycles. The predicted molar refractivity (Wildman–Crippen MR) is 63.1 cm³/mol. The van der Waals surface area contributed by atoms with Crippen LogP contribution in [0, 0.1) is 6.92 Å². The van der Waals surface area contributed by atoms with E-state index in [0.29, 0.717) is 5.56 Å². The molecule has 0 aromatic carbocycles. The average Bonchev–Trinajstić information content (AvgIpc) is 2.56. The molecule has 6 nitrogen and oxygen atoms in total.